The molecule has 0 aliphatic rings. The van der Waals surface area contributed by atoms with Gasteiger partial charge >= 0.3 is 0 Å². The summed E-state index contributed by atoms with van der Waals surface area (Å²) in [7, 11) is 0. The van der Waals surface area contributed by atoms with Crippen molar-refractivity contribution in [2.75, 3.05) is 5.75 Å². The molecule has 0 aliphatic heterocycles. The first-order chi connectivity index (χ1) is 11.9. The average Bonchev–Trinajstić information content (AvgIpc) is 2.55. The second kappa shape index (κ2) is 8.67. The zero-order valence-electron chi connectivity index (χ0n) is 14.6. The van der Waals surface area contributed by atoms with Crippen molar-refractivity contribution in [2.45, 2.75) is 32.6 Å². The number of nitrogens with zero attached hydrogens (tertiary/aromatic N) is 1. The maximum absolute atomic E-state index is 12.1. The third-order valence-electron chi connectivity index (χ3n) is 3.92. The molecule has 0 saturated heterocycles. The van der Waals surface area contributed by atoms with Gasteiger partial charge in [0.25, 0.3) is 5.69 Å². The Balaban J connectivity index is 1.81. The fraction of sp³-hybridized carbons (Fsp3) is 0.316. The van der Waals surface area contributed by atoms with Crippen LogP contribution in [0.5, 0.6) is 0 Å². The second-order valence-corrected chi connectivity index (χ2v) is 7.05. The van der Waals surface area contributed by atoms with Crippen molar-refractivity contribution >= 4 is 23.4 Å². The van der Waals surface area contributed by atoms with Gasteiger partial charge in [-0.2, -0.15) is 0 Å². The van der Waals surface area contributed by atoms with Gasteiger partial charge in [-0.1, -0.05) is 35.9 Å². The third-order valence-corrected chi connectivity index (χ3v) is 4.92. The van der Waals surface area contributed by atoms with Crippen molar-refractivity contribution in [1.29, 1.82) is 0 Å². The van der Waals surface area contributed by atoms with Crippen LogP contribution in [0.15, 0.2) is 42.5 Å². The fourth-order valence-corrected chi connectivity index (χ4v) is 3.45. The van der Waals surface area contributed by atoms with Gasteiger partial charge in [0.2, 0.25) is 5.91 Å². The molecule has 0 bridgehead atoms. The molecule has 2 rings (SSSR count). The summed E-state index contributed by atoms with van der Waals surface area (Å²) >= 11 is 1.49. The van der Waals surface area contributed by atoms with Gasteiger partial charge in [-0.05, 0) is 37.5 Å². The number of nitro benzene ring substituents is 1. The van der Waals surface area contributed by atoms with Gasteiger partial charge in [0.1, 0.15) is 0 Å². The number of carbonyl (C=O) groups is 1. The molecule has 6 heteroatoms. The van der Waals surface area contributed by atoms with Gasteiger partial charge in [0.15, 0.2) is 0 Å². The van der Waals surface area contributed by atoms with Crippen molar-refractivity contribution < 1.29 is 9.72 Å². The Kier molecular flexibility index (Phi) is 6.58. The lowest BCUT2D eigenvalue weighted by Crippen LogP contribution is -2.28. The Morgan fingerprint density at radius 2 is 1.88 bits per heavy atom. The van der Waals surface area contributed by atoms with E-state index in [2.05, 4.69) is 24.4 Å². The molecule has 25 heavy (non-hydrogen) atoms. The molecule has 2 aromatic carbocycles. The number of aryl methyl sites for hydroxylation is 2. The molecule has 0 fully saturated rings. The Morgan fingerprint density at radius 1 is 1.20 bits per heavy atom. The maximum atomic E-state index is 12.1. The van der Waals surface area contributed by atoms with Crippen LogP contribution in [-0.4, -0.2) is 16.6 Å². The topological polar surface area (TPSA) is 72.2 Å². The minimum absolute atomic E-state index is 0.0145. The van der Waals surface area contributed by atoms with Crippen molar-refractivity contribution in [3.05, 3.63) is 74.8 Å². The highest BCUT2D eigenvalue weighted by Gasteiger charge is 2.12. The summed E-state index contributed by atoms with van der Waals surface area (Å²) in [6, 6.07) is 12.6. The van der Waals surface area contributed by atoms with E-state index in [4.69, 9.17) is 0 Å². The van der Waals surface area contributed by atoms with E-state index in [0.717, 1.165) is 11.1 Å². The zero-order chi connectivity index (χ0) is 18.4. The van der Waals surface area contributed by atoms with Gasteiger partial charge in [-0.25, -0.2) is 0 Å². The van der Waals surface area contributed by atoms with E-state index >= 15 is 0 Å². The van der Waals surface area contributed by atoms with E-state index in [1.807, 2.05) is 19.9 Å². The molecule has 0 aromatic heterocycles. The lowest BCUT2D eigenvalue weighted by Gasteiger charge is -2.17. The molecular formula is C19H22N2O3S. The number of nitro groups is 1. The molecule has 5 nitrogen and oxygen atoms in total. The minimum atomic E-state index is -0.418. The number of carbonyl (C=O) groups excluding carboxylic acids is 1. The summed E-state index contributed by atoms with van der Waals surface area (Å²) in [6.07, 6.45) is 0. The van der Waals surface area contributed by atoms with Crippen molar-refractivity contribution in [3.8, 4) is 0 Å². The largest absolute Gasteiger partial charge is 0.349 e. The maximum Gasteiger partial charge on any atom is 0.269 e. The normalized spacial score (nSPS) is 11.8. The summed E-state index contributed by atoms with van der Waals surface area (Å²) in [5.74, 6) is 0.981. The smallest absolute Gasteiger partial charge is 0.269 e. The molecule has 0 unspecified atom stereocenters. The summed E-state index contributed by atoms with van der Waals surface area (Å²) in [5.41, 5.74) is 4.55. The van der Waals surface area contributed by atoms with Crippen LogP contribution in [0, 0.1) is 24.0 Å². The molecule has 0 heterocycles. The van der Waals surface area contributed by atoms with Gasteiger partial charge < -0.3 is 5.32 Å². The average molecular weight is 358 g/mol. The Hall–Kier alpha value is -2.34. The van der Waals surface area contributed by atoms with E-state index < -0.39 is 4.92 Å². The monoisotopic (exact) mass is 358 g/mol. The quantitative estimate of drug-likeness (QED) is 0.591. The summed E-state index contributed by atoms with van der Waals surface area (Å²) in [6.45, 7) is 6.08. The highest BCUT2D eigenvalue weighted by atomic mass is 32.2. The minimum Gasteiger partial charge on any atom is -0.349 e. The van der Waals surface area contributed by atoms with Gasteiger partial charge in [0, 0.05) is 17.9 Å². The molecule has 2 aromatic rings. The molecule has 0 saturated carbocycles. The van der Waals surface area contributed by atoms with E-state index in [0.29, 0.717) is 11.5 Å². The van der Waals surface area contributed by atoms with E-state index in [9.17, 15) is 14.9 Å². The number of thioether (sulfide) groups is 1. The summed E-state index contributed by atoms with van der Waals surface area (Å²) in [4.78, 5) is 22.3. The molecule has 0 aliphatic carbocycles. The predicted molar refractivity (Wildman–Crippen MR) is 102 cm³/mol. The van der Waals surface area contributed by atoms with E-state index in [1.54, 1.807) is 12.1 Å². The van der Waals surface area contributed by atoms with Crippen LogP contribution in [0.1, 0.15) is 35.2 Å². The first-order valence-corrected chi connectivity index (χ1v) is 9.20. The fourth-order valence-electron chi connectivity index (χ4n) is 2.65. The Bertz CT molecular complexity index is 760. The van der Waals surface area contributed by atoms with Crippen LogP contribution in [0.2, 0.25) is 0 Å². The van der Waals surface area contributed by atoms with Crippen LogP contribution in [0.4, 0.5) is 5.69 Å². The first kappa shape index (κ1) is 19.0. The first-order valence-electron chi connectivity index (χ1n) is 8.04. The molecule has 0 radical (unpaired) electrons. The molecule has 0 spiro atoms. The standard InChI is InChI=1S/C19H22N2O3S/c1-13-4-9-18(14(2)10-13)15(3)20-19(22)12-25-11-16-5-7-17(8-6-16)21(23)24/h4-10,15H,11-12H2,1-3H3,(H,20,22)/t15-/m1/s1. The third kappa shape index (κ3) is 5.60. The summed E-state index contributed by atoms with van der Waals surface area (Å²) in [5, 5.41) is 13.6. The number of nitrogens with one attached hydrogen (secondary N) is 1. The Labute approximate surface area is 152 Å². The lowest BCUT2D eigenvalue weighted by molar-refractivity contribution is -0.384. The highest BCUT2D eigenvalue weighted by molar-refractivity contribution is 7.99. The number of hydrogen-bond acceptors (Lipinski definition) is 4. The number of hydrogen-bond donors (Lipinski definition) is 1. The van der Waals surface area contributed by atoms with Crippen molar-refractivity contribution in [3.63, 3.8) is 0 Å². The summed E-state index contributed by atoms with van der Waals surface area (Å²) < 4.78 is 0. The van der Waals surface area contributed by atoms with E-state index in [-0.39, 0.29) is 17.6 Å². The predicted octanol–water partition coefficient (Wildman–Crippen LogP) is 4.32. The van der Waals surface area contributed by atoms with E-state index in [1.165, 1.54) is 35.0 Å². The van der Waals surface area contributed by atoms with Crippen LogP contribution in [0.3, 0.4) is 0 Å². The number of rotatable bonds is 7. The molecule has 1 amide bonds. The number of benzene rings is 2. The van der Waals surface area contributed by atoms with Crippen molar-refractivity contribution in [2.24, 2.45) is 0 Å². The van der Waals surface area contributed by atoms with Crippen LogP contribution in [0.25, 0.3) is 0 Å². The SMILES string of the molecule is Cc1ccc([C@@H](C)NC(=O)CSCc2ccc([N+](=O)[O-])cc2)c(C)c1. The lowest BCUT2D eigenvalue weighted by atomic mass is 10.0. The van der Waals surface area contributed by atoms with Crippen LogP contribution in [-0.2, 0) is 10.5 Å². The zero-order valence-corrected chi connectivity index (χ0v) is 15.4. The Morgan fingerprint density at radius 3 is 2.48 bits per heavy atom. The second-order valence-electron chi connectivity index (χ2n) is 6.07. The van der Waals surface area contributed by atoms with Gasteiger partial charge in [-0.3, -0.25) is 14.9 Å². The van der Waals surface area contributed by atoms with Crippen molar-refractivity contribution in [1.82, 2.24) is 5.32 Å². The number of amides is 1. The molecular weight excluding hydrogens is 336 g/mol. The van der Waals surface area contributed by atoms with Crippen LogP contribution >= 0.6 is 11.8 Å². The highest BCUT2D eigenvalue weighted by Crippen LogP contribution is 2.20. The molecule has 1 atom stereocenters. The van der Waals surface area contributed by atoms with Crippen LogP contribution < -0.4 is 5.32 Å². The van der Waals surface area contributed by atoms with Gasteiger partial charge in [0.05, 0.1) is 16.7 Å². The number of non-ortho nitro benzene ring substituents is 1. The van der Waals surface area contributed by atoms with Gasteiger partial charge in [-0.15, -0.1) is 11.8 Å². The molecule has 132 valence electrons. The molecule has 1 N–H and O–H groups in total.